The fourth-order valence-corrected chi connectivity index (χ4v) is 7.14. The van der Waals surface area contributed by atoms with E-state index in [1.54, 1.807) is 0 Å². The second-order valence-electron chi connectivity index (χ2n) is 11.9. The van der Waals surface area contributed by atoms with Crippen LogP contribution in [0.5, 0.6) is 0 Å². The van der Waals surface area contributed by atoms with Gasteiger partial charge in [-0.2, -0.15) is 0 Å². The van der Waals surface area contributed by atoms with Crippen LogP contribution in [0.15, 0.2) is 140 Å². The molecule has 44 heavy (non-hydrogen) atoms. The van der Waals surface area contributed by atoms with Gasteiger partial charge in [-0.15, -0.1) is 0 Å². The van der Waals surface area contributed by atoms with Crippen molar-refractivity contribution in [2.75, 3.05) is 0 Å². The van der Waals surface area contributed by atoms with E-state index in [2.05, 4.69) is 152 Å². The highest BCUT2D eigenvalue weighted by molar-refractivity contribution is 6.21. The molecular formula is C44H28. The molecule has 0 aliphatic heterocycles. The summed E-state index contributed by atoms with van der Waals surface area (Å²) in [7, 11) is 0. The van der Waals surface area contributed by atoms with Crippen molar-refractivity contribution in [1.82, 2.24) is 0 Å². The lowest BCUT2D eigenvalue weighted by Crippen LogP contribution is -1.95. The maximum atomic E-state index is 3.53. The van der Waals surface area contributed by atoms with E-state index in [0.717, 1.165) is 18.2 Å². The molecule has 0 atom stereocenters. The summed E-state index contributed by atoms with van der Waals surface area (Å²) in [6, 6.07) is 55.9. The van der Waals surface area contributed by atoms with E-state index >= 15 is 0 Å². The molecule has 204 valence electrons. The van der Waals surface area contributed by atoms with Gasteiger partial charge in [-0.1, -0.05) is 121 Å². The molecule has 0 nitrogen and oxygen atoms in total. The van der Waals surface area contributed by atoms with Crippen LogP contribution in [0.3, 0.4) is 0 Å². The van der Waals surface area contributed by atoms with Gasteiger partial charge in [-0.25, -0.2) is 0 Å². The summed E-state index contributed by atoms with van der Waals surface area (Å²) >= 11 is 0. The lowest BCUT2D eigenvalue weighted by Gasteiger charge is -2.18. The number of fused-ring (bicyclic) bond motifs is 5. The Bertz CT molecular complexity index is 2380. The molecule has 0 unspecified atom stereocenters. The number of rotatable bonds is 3. The van der Waals surface area contributed by atoms with Crippen molar-refractivity contribution in [2.24, 2.45) is 0 Å². The molecule has 8 aromatic carbocycles. The largest absolute Gasteiger partial charge is 0.0836 e. The van der Waals surface area contributed by atoms with Gasteiger partial charge in [0, 0.05) is 10.9 Å². The summed E-state index contributed by atoms with van der Waals surface area (Å²) in [6.07, 6.45) is 6.79. The third-order valence-corrected chi connectivity index (χ3v) is 9.31. The minimum absolute atomic E-state index is 1.11. The SMILES string of the molecule is c1ccc2c(-c3ccc4cc(-c5ccc6ccccc6c5)ccc4c3)c3ccccc3c(-c3ccc4c(c3)C=CCC4)c2c#1. The van der Waals surface area contributed by atoms with E-state index in [4.69, 9.17) is 0 Å². The molecule has 0 heteroatoms. The van der Waals surface area contributed by atoms with Gasteiger partial charge >= 0.3 is 0 Å². The highest BCUT2D eigenvalue weighted by atomic mass is 14.2. The van der Waals surface area contributed by atoms with Crippen molar-refractivity contribution >= 4 is 49.2 Å². The highest BCUT2D eigenvalue weighted by Gasteiger charge is 2.18. The van der Waals surface area contributed by atoms with Crippen molar-refractivity contribution in [1.29, 1.82) is 0 Å². The van der Waals surface area contributed by atoms with Gasteiger partial charge in [-0.05, 0) is 126 Å². The molecule has 9 rings (SSSR count). The zero-order valence-corrected chi connectivity index (χ0v) is 24.3. The average Bonchev–Trinajstić information content (AvgIpc) is 3.09. The zero-order valence-electron chi connectivity index (χ0n) is 24.3. The second-order valence-corrected chi connectivity index (χ2v) is 11.9. The Hall–Kier alpha value is -5.64. The van der Waals surface area contributed by atoms with Crippen molar-refractivity contribution in [3.05, 3.63) is 163 Å². The Kier molecular flexibility index (Phi) is 5.65. The molecular weight excluding hydrogens is 528 g/mol. The minimum Gasteiger partial charge on any atom is -0.0836 e. The summed E-state index contributed by atoms with van der Waals surface area (Å²) in [5.41, 5.74) is 10.2. The van der Waals surface area contributed by atoms with E-state index in [9.17, 15) is 0 Å². The van der Waals surface area contributed by atoms with Crippen LogP contribution in [-0.2, 0) is 6.42 Å². The summed E-state index contributed by atoms with van der Waals surface area (Å²) < 4.78 is 0. The first-order valence-corrected chi connectivity index (χ1v) is 15.4. The third-order valence-electron chi connectivity index (χ3n) is 9.31. The minimum atomic E-state index is 1.11. The number of benzene rings is 7. The van der Waals surface area contributed by atoms with Crippen molar-refractivity contribution in [3.63, 3.8) is 0 Å². The van der Waals surface area contributed by atoms with E-state index in [1.165, 1.54) is 82.2 Å². The van der Waals surface area contributed by atoms with Crippen LogP contribution in [0, 0.1) is 12.1 Å². The van der Waals surface area contributed by atoms with Crippen LogP contribution in [-0.4, -0.2) is 0 Å². The highest BCUT2D eigenvalue weighted by Crippen LogP contribution is 2.44. The van der Waals surface area contributed by atoms with E-state index in [0.29, 0.717) is 0 Å². The monoisotopic (exact) mass is 556 g/mol. The first-order valence-electron chi connectivity index (χ1n) is 15.4. The third kappa shape index (κ3) is 4.02. The topological polar surface area (TPSA) is 0 Å². The number of aryl methyl sites for hydroxylation is 1. The van der Waals surface area contributed by atoms with Crippen LogP contribution in [0.2, 0.25) is 0 Å². The Labute approximate surface area is 257 Å². The lowest BCUT2D eigenvalue weighted by atomic mass is 9.85. The molecule has 8 aromatic rings. The molecule has 0 N–H and O–H groups in total. The quantitative estimate of drug-likeness (QED) is 0.203. The van der Waals surface area contributed by atoms with Crippen LogP contribution in [0.4, 0.5) is 0 Å². The molecule has 0 heterocycles. The van der Waals surface area contributed by atoms with Crippen molar-refractivity contribution < 1.29 is 0 Å². The summed E-state index contributed by atoms with van der Waals surface area (Å²) in [5, 5.41) is 9.85. The maximum Gasteiger partial charge on any atom is 0.0412 e. The number of hydrogen-bond acceptors (Lipinski definition) is 0. The molecule has 0 radical (unpaired) electrons. The van der Waals surface area contributed by atoms with Gasteiger partial charge in [-0.3, -0.25) is 0 Å². The summed E-state index contributed by atoms with van der Waals surface area (Å²) in [4.78, 5) is 0. The molecule has 0 aromatic heterocycles. The molecule has 0 saturated carbocycles. The van der Waals surface area contributed by atoms with Gasteiger partial charge < -0.3 is 0 Å². The van der Waals surface area contributed by atoms with Gasteiger partial charge in [0.25, 0.3) is 0 Å². The lowest BCUT2D eigenvalue weighted by molar-refractivity contribution is 0.986. The molecule has 0 amide bonds. The molecule has 0 fully saturated rings. The van der Waals surface area contributed by atoms with Crippen LogP contribution < -0.4 is 0 Å². The summed E-state index contributed by atoms with van der Waals surface area (Å²) in [5.74, 6) is 0. The van der Waals surface area contributed by atoms with Gasteiger partial charge in [0.2, 0.25) is 0 Å². The molecule has 1 aliphatic rings. The molecule has 0 spiro atoms. The van der Waals surface area contributed by atoms with Crippen molar-refractivity contribution in [2.45, 2.75) is 12.8 Å². The van der Waals surface area contributed by atoms with E-state index < -0.39 is 0 Å². The van der Waals surface area contributed by atoms with Gasteiger partial charge in [0.1, 0.15) is 0 Å². The molecule has 0 saturated heterocycles. The first-order chi connectivity index (χ1) is 21.8. The van der Waals surface area contributed by atoms with Crippen molar-refractivity contribution in [3.8, 4) is 33.4 Å². The average molecular weight is 557 g/mol. The standard InChI is InChI=1S/C44H28/c1-3-11-31-25-33(19-17-29(31)9-1)34-20-21-36-28-38(24-22-35(36)26-34)44-41-15-7-5-13-39(41)43(40-14-6-8-16-42(40)44)37-23-18-30-10-2-4-12-32(30)27-37/h1,3-5,7-9,11-13,15-28H,2,10H2. The molecule has 0 bridgehead atoms. The number of hydrogen-bond donors (Lipinski definition) is 0. The normalized spacial score (nSPS) is 12.5. The molecule has 1 aliphatic carbocycles. The van der Waals surface area contributed by atoms with Crippen LogP contribution in [0.25, 0.3) is 82.5 Å². The zero-order chi connectivity index (χ0) is 29.0. The predicted molar refractivity (Wildman–Crippen MR) is 188 cm³/mol. The Balaban J connectivity index is 1.22. The summed E-state index contributed by atoms with van der Waals surface area (Å²) in [6.45, 7) is 0. The number of allylic oxidation sites excluding steroid dienone is 1. The Morgan fingerprint density at radius 2 is 1.09 bits per heavy atom. The fourth-order valence-electron chi connectivity index (χ4n) is 7.14. The van der Waals surface area contributed by atoms with Gasteiger partial charge in [0.15, 0.2) is 0 Å². The maximum absolute atomic E-state index is 3.53. The van der Waals surface area contributed by atoms with Gasteiger partial charge in [0.05, 0.1) is 0 Å². The fraction of sp³-hybridized carbons (Fsp3) is 0.0455. The smallest absolute Gasteiger partial charge is 0.0412 e. The van der Waals surface area contributed by atoms with Crippen LogP contribution in [0.1, 0.15) is 17.5 Å². The van der Waals surface area contributed by atoms with E-state index in [1.807, 2.05) is 6.07 Å². The first kappa shape index (κ1) is 24.9. The van der Waals surface area contributed by atoms with Crippen LogP contribution >= 0.6 is 0 Å². The second kappa shape index (κ2) is 9.98. The Morgan fingerprint density at radius 1 is 0.477 bits per heavy atom. The predicted octanol–water partition coefficient (Wildman–Crippen LogP) is 11.9. The Morgan fingerprint density at radius 3 is 1.91 bits per heavy atom. The van der Waals surface area contributed by atoms with E-state index in [-0.39, 0.29) is 0 Å².